The molecule has 0 unspecified atom stereocenters. The van der Waals surface area contributed by atoms with E-state index in [1.54, 1.807) is 12.1 Å². The standard InChI is InChI=1S/C19H20BrN3O4S/c1-12-4-3-5-15(8-12)26-11-18(25)22-23-19(28)21-17(24)10-27-16-7-6-14(20)9-13(16)2/h3-9H,10-11H2,1-2H3,(H,22,25)(H2,21,23,24,28). The Bertz CT molecular complexity index is 876. The quantitative estimate of drug-likeness (QED) is 0.448. The number of rotatable bonds is 6. The topological polar surface area (TPSA) is 88.7 Å². The van der Waals surface area contributed by atoms with Crippen LogP contribution >= 0.6 is 28.1 Å². The van der Waals surface area contributed by atoms with Crippen LogP contribution in [-0.4, -0.2) is 30.1 Å². The minimum absolute atomic E-state index is 0.0509. The summed E-state index contributed by atoms with van der Waals surface area (Å²) in [5.74, 6) is 0.287. The van der Waals surface area contributed by atoms with Gasteiger partial charge >= 0.3 is 0 Å². The SMILES string of the molecule is Cc1cccc(OCC(=O)NNC(=S)NC(=O)COc2ccc(Br)cc2C)c1. The summed E-state index contributed by atoms with van der Waals surface area (Å²) in [5.41, 5.74) is 6.70. The molecule has 2 rings (SSSR count). The fourth-order valence-electron chi connectivity index (χ4n) is 2.13. The van der Waals surface area contributed by atoms with Crippen molar-refractivity contribution in [3.05, 3.63) is 58.1 Å². The third-order valence-electron chi connectivity index (χ3n) is 3.42. The molecule has 0 aliphatic carbocycles. The van der Waals surface area contributed by atoms with Gasteiger partial charge in [-0.1, -0.05) is 28.1 Å². The van der Waals surface area contributed by atoms with Gasteiger partial charge in [-0.15, -0.1) is 0 Å². The third kappa shape index (κ3) is 7.53. The van der Waals surface area contributed by atoms with E-state index in [1.165, 1.54) is 0 Å². The first-order chi connectivity index (χ1) is 13.3. The van der Waals surface area contributed by atoms with Gasteiger partial charge in [0.2, 0.25) is 0 Å². The monoisotopic (exact) mass is 465 g/mol. The van der Waals surface area contributed by atoms with E-state index in [1.807, 2.05) is 44.2 Å². The zero-order chi connectivity index (χ0) is 20.5. The van der Waals surface area contributed by atoms with Gasteiger partial charge in [0.05, 0.1) is 0 Å². The Morgan fingerprint density at radius 2 is 1.75 bits per heavy atom. The Morgan fingerprint density at radius 3 is 2.46 bits per heavy atom. The predicted octanol–water partition coefficient (Wildman–Crippen LogP) is 2.55. The molecule has 0 heterocycles. The van der Waals surface area contributed by atoms with E-state index in [2.05, 4.69) is 32.1 Å². The largest absolute Gasteiger partial charge is 0.484 e. The lowest BCUT2D eigenvalue weighted by Gasteiger charge is -2.12. The normalized spacial score (nSPS) is 9.96. The van der Waals surface area contributed by atoms with Crippen LogP contribution in [0, 0.1) is 13.8 Å². The number of benzene rings is 2. The summed E-state index contributed by atoms with van der Waals surface area (Å²) in [6.45, 7) is 3.39. The third-order valence-corrected chi connectivity index (χ3v) is 4.12. The molecule has 9 heteroatoms. The number of ether oxygens (including phenoxy) is 2. The van der Waals surface area contributed by atoms with Gasteiger partial charge in [-0.05, 0) is 67.5 Å². The van der Waals surface area contributed by atoms with Crippen molar-refractivity contribution in [1.29, 1.82) is 0 Å². The van der Waals surface area contributed by atoms with Crippen LogP contribution in [0.25, 0.3) is 0 Å². The van der Waals surface area contributed by atoms with Crippen LogP contribution in [0.2, 0.25) is 0 Å². The van der Waals surface area contributed by atoms with Gasteiger partial charge in [0.15, 0.2) is 18.3 Å². The Balaban J connectivity index is 1.66. The van der Waals surface area contributed by atoms with Crippen LogP contribution < -0.4 is 25.6 Å². The minimum Gasteiger partial charge on any atom is -0.484 e. The maximum atomic E-state index is 11.9. The number of halogens is 1. The maximum absolute atomic E-state index is 11.9. The predicted molar refractivity (Wildman–Crippen MR) is 113 cm³/mol. The molecule has 2 amide bonds. The number of amides is 2. The molecule has 2 aromatic carbocycles. The number of aryl methyl sites for hydroxylation is 2. The van der Waals surface area contributed by atoms with E-state index >= 15 is 0 Å². The summed E-state index contributed by atoms with van der Waals surface area (Å²) in [4.78, 5) is 23.6. The number of hydrazine groups is 1. The van der Waals surface area contributed by atoms with E-state index in [9.17, 15) is 9.59 Å². The van der Waals surface area contributed by atoms with Gasteiger partial charge in [-0.2, -0.15) is 0 Å². The molecule has 0 aromatic heterocycles. The molecule has 7 nitrogen and oxygen atoms in total. The van der Waals surface area contributed by atoms with E-state index in [0.29, 0.717) is 11.5 Å². The highest BCUT2D eigenvalue weighted by Gasteiger charge is 2.09. The molecule has 0 atom stereocenters. The number of hydrogen-bond donors (Lipinski definition) is 3. The van der Waals surface area contributed by atoms with Crippen molar-refractivity contribution >= 4 is 45.1 Å². The average molecular weight is 466 g/mol. The fraction of sp³-hybridized carbons (Fsp3) is 0.211. The molecule has 0 saturated heterocycles. The zero-order valence-corrected chi connectivity index (χ0v) is 17.8. The second-order valence-corrected chi connectivity index (χ2v) is 7.18. The summed E-state index contributed by atoms with van der Waals surface area (Å²) >= 11 is 8.32. The number of thiocarbonyl (C=S) groups is 1. The summed E-state index contributed by atoms with van der Waals surface area (Å²) < 4.78 is 11.7. The molecule has 0 aliphatic heterocycles. The summed E-state index contributed by atoms with van der Waals surface area (Å²) in [7, 11) is 0. The molecule has 0 saturated carbocycles. The lowest BCUT2D eigenvalue weighted by molar-refractivity contribution is -0.124. The van der Waals surface area contributed by atoms with E-state index in [4.69, 9.17) is 21.7 Å². The minimum atomic E-state index is -0.454. The molecule has 148 valence electrons. The maximum Gasteiger partial charge on any atom is 0.276 e. The average Bonchev–Trinajstić information content (AvgIpc) is 2.64. The number of carbonyl (C=O) groups excluding carboxylic acids is 2. The number of carbonyl (C=O) groups is 2. The van der Waals surface area contributed by atoms with Crippen molar-refractivity contribution in [3.63, 3.8) is 0 Å². The molecule has 0 aliphatic rings. The van der Waals surface area contributed by atoms with Crippen molar-refractivity contribution in [1.82, 2.24) is 16.2 Å². The van der Waals surface area contributed by atoms with Crippen LogP contribution in [0.4, 0.5) is 0 Å². The lowest BCUT2D eigenvalue weighted by atomic mass is 10.2. The summed E-state index contributed by atoms with van der Waals surface area (Å²) in [6, 6.07) is 12.8. The van der Waals surface area contributed by atoms with Gasteiger partial charge in [-0.3, -0.25) is 25.8 Å². The number of hydrogen-bond acceptors (Lipinski definition) is 5. The molecule has 28 heavy (non-hydrogen) atoms. The first kappa shape index (κ1) is 21.6. The molecule has 0 fully saturated rings. The molecule has 0 bridgehead atoms. The van der Waals surface area contributed by atoms with Crippen molar-refractivity contribution in [2.24, 2.45) is 0 Å². The highest BCUT2D eigenvalue weighted by Crippen LogP contribution is 2.21. The highest BCUT2D eigenvalue weighted by molar-refractivity contribution is 9.10. The van der Waals surface area contributed by atoms with Gasteiger partial charge in [0.25, 0.3) is 11.8 Å². The highest BCUT2D eigenvalue weighted by atomic mass is 79.9. The Kier molecular flexibility index (Phi) is 8.21. The van der Waals surface area contributed by atoms with Crippen LogP contribution in [0.1, 0.15) is 11.1 Å². The van der Waals surface area contributed by atoms with Crippen molar-refractivity contribution < 1.29 is 19.1 Å². The molecule has 2 aromatic rings. The Labute approximate surface area is 176 Å². The Morgan fingerprint density at radius 1 is 1.00 bits per heavy atom. The van der Waals surface area contributed by atoms with E-state index in [0.717, 1.165) is 15.6 Å². The van der Waals surface area contributed by atoms with Crippen molar-refractivity contribution in [2.75, 3.05) is 13.2 Å². The van der Waals surface area contributed by atoms with Gasteiger partial charge < -0.3 is 9.47 Å². The summed E-state index contributed by atoms with van der Waals surface area (Å²) in [5, 5.41) is 2.36. The molecular formula is C19H20BrN3O4S. The van der Waals surface area contributed by atoms with E-state index in [-0.39, 0.29) is 18.3 Å². The smallest absolute Gasteiger partial charge is 0.276 e. The second kappa shape index (κ2) is 10.6. The van der Waals surface area contributed by atoms with Crippen molar-refractivity contribution in [2.45, 2.75) is 13.8 Å². The first-order valence-electron chi connectivity index (χ1n) is 8.30. The first-order valence-corrected chi connectivity index (χ1v) is 9.50. The van der Waals surface area contributed by atoms with Gasteiger partial charge in [-0.25, -0.2) is 0 Å². The lowest BCUT2D eigenvalue weighted by Crippen LogP contribution is -2.50. The molecule has 0 radical (unpaired) electrons. The van der Waals surface area contributed by atoms with Gasteiger partial charge in [0.1, 0.15) is 11.5 Å². The zero-order valence-electron chi connectivity index (χ0n) is 15.4. The van der Waals surface area contributed by atoms with Crippen LogP contribution in [0.3, 0.4) is 0 Å². The van der Waals surface area contributed by atoms with E-state index < -0.39 is 11.8 Å². The fourth-order valence-corrected chi connectivity index (χ4v) is 2.77. The van der Waals surface area contributed by atoms with Crippen LogP contribution in [0.5, 0.6) is 11.5 Å². The van der Waals surface area contributed by atoms with Crippen LogP contribution in [-0.2, 0) is 9.59 Å². The summed E-state index contributed by atoms with van der Waals surface area (Å²) in [6.07, 6.45) is 0. The van der Waals surface area contributed by atoms with Crippen molar-refractivity contribution in [3.8, 4) is 11.5 Å². The molecular weight excluding hydrogens is 446 g/mol. The van der Waals surface area contributed by atoms with Crippen LogP contribution in [0.15, 0.2) is 46.9 Å². The molecule has 0 spiro atoms. The second-order valence-electron chi connectivity index (χ2n) is 5.85. The Hall–Kier alpha value is -2.65. The molecule has 3 N–H and O–H groups in total. The number of nitrogens with one attached hydrogen (secondary N) is 3. The van der Waals surface area contributed by atoms with Gasteiger partial charge in [0, 0.05) is 4.47 Å².